The van der Waals surface area contributed by atoms with Crippen molar-refractivity contribution in [3.8, 4) is 0 Å². The van der Waals surface area contributed by atoms with Crippen LogP contribution in [0, 0.1) is 0 Å². The summed E-state index contributed by atoms with van der Waals surface area (Å²) in [7, 11) is 0. The molecule has 2 aliphatic rings. The molecular weight excluding hydrogens is 437 g/mol. The van der Waals surface area contributed by atoms with E-state index < -0.39 is 0 Å². The fraction of sp³-hybridized carbons (Fsp3) is 0.348. The van der Waals surface area contributed by atoms with Crippen LogP contribution in [0.3, 0.4) is 0 Å². The van der Waals surface area contributed by atoms with Gasteiger partial charge in [-0.2, -0.15) is 0 Å². The minimum Gasteiger partial charge on any atom is -0.368 e. The van der Waals surface area contributed by atoms with E-state index in [0.29, 0.717) is 28.7 Å². The molecule has 7 heteroatoms. The SMILES string of the molecule is CC1CN(c2ccccc2C=C2SCCN(c3ccc(Cl)c(Cl)c3)C2=O)CC(C)N1. The summed E-state index contributed by atoms with van der Waals surface area (Å²) in [5.41, 5.74) is 3.02. The monoisotopic (exact) mass is 461 g/mol. The van der Waals surface area contributed by atoms with Gasteiger partial charge in [-0.25, -0.2) is 0 Å². The average molecular weight is 462 g/mol. The lowest BCUT2D eigenvalue weighted by Crippen LogP contribution is -2.54. The van der Waals surface area contributed by atoms with Crippen LogP contribution < -0.4 is 15.1 Å². The Morgan fingerprint density at radius 2 is 1.80 bits per heavy atom. The third-order valence-corrected chi connectivity index (χ3v) is 7.09. The Labute approximate surface area is 192 Å². The Kier molecular flexibility index (Phi) is 6.63. The van der Waals surface area contributed by atoms with Gasteiger partial charge in [-0.3, -0.25) is 4.79 Å². The Balaban J connectivity index is 1.63. The number of nitrogens with zero attached hydrogens (tertiary/aromatic N) is 2. The number of benzene rings is 2. The van der Waals surface area contributed by atoms with E-state index in [2.05, 4.69) is 42.3 Å². The maximum Gasteiger partial charge on any atom is 0.264 e. The van der Waals surface area contributed by atoms with Crippen LogP contribution in [0.25, 0.3) is 6.08 Å². The molecule has 4 rings (SSSR count). The summed E-state index contributed by atoms with van der Waals surface area (Å²) >= 11 is 13.8. The van der Waals surface area contributed by atoms with E-state index in [0.717, 1.165) is 35.0 Å². The smallest absolute Gasteiger partial charge is 0.264 e. The molecule has 2 atom stereocenters. The first kappa shape index (κ1) is 21.6. The van der Waals surface area contributed by atoms with Gasteiger partial charge >= 0.3 is 0 Å². The van der Waals surface area contributed by atoms with E-state index in [-0.39, 0.29) is 5.91 Å². The molecule has 2 aliphatic heterocycles. The summed E-state index contributed by atoms with van der Waals surface area (Å²) < 4.78 is 0. The lowest BCUT2D eigenvalue weighted by molar-refractivity contribution is -0.114. The molecule has 2 saturated heterocycles. The van der Waals surface area contributed by atoms with Crippen LogP contribution >= 0.6 is 35.0 Å². The van der Waals surface area contributed by atoms with Crippen molar-refractivity contribution in [2.24, 2.45) is 0 Å². The molecule has 2 fully saturated rings. The van der Waals surface area contributed by atoms with Crippen LogP contribution in [0.15, 0.2) is 47.4 Å². The number of rotatable bonds is 3. The number of halogens is 2. The number of hydrogen-bond donors (Lipinski definition) is 1. The molecule has 2 unspecified atom stereocenters. The van der Waals surface area contributed by atoms with Crippen molar-refractivity contribution in [1.82, 2.24) is 5.32 Å². The third-order valence-electron chi connectivity index (χ3n) is 5.36. The maximum absolute atomic E-state index is 13.3. The first-order valence-corrected chi connectivity index (χ1v) is 11.9. The number of hydrogen-bond acceptors (Lipinski definition) is 4. The summed E-state index contributed by atoms with van der Waals surface area (Å²) in [4.78, 5) is 18.2. The second-order valence-corrected chi connectivity index (χ2v) is 9.80. The van der Waals surface area contributed by atoms with Crippen molar-refractivity contribution in [2.45, 2.75) is 25.9 Å². The first-order chi connectivity index (χ1) is 14.4. The number of amides is 1. The number of carbonyl (C=O) groups is 1. The van der Waals surface area contributed by atoms with Gasteiger partial charge in [-0.1, -0.05) is 41.4 Å². The van der Waals surface area contributed by atoms with E-state index in [1.807, 2.05) is 18.2 Å². The summed E-state index contributed by atoms with van der Waals surface area (Å²) in [6.45, 7) is 6.95. The van der Waals surface area contributed by atoms with Crippen molar-refractivity contribution in [2.75, 3.05) is 35.2 Å². The molecule has 0 radical (unpaired) electrons. The van der Waals surface area contributed by atoms with Gasteiger partial charge in [0.05, 0.1) is 15.0 Å². The highest BCUT2D eigenvalue weighted by Gasteiger charge is 2.27. The number of anilines is 2. The molecule has 158 valence electrons. The summed E-state index contributed by atoms with van der Waals surface area (Å²) in [5, 5.41) is 4.52. The molecule has 0 aromatic heterocycles. The van der Waals surface area contributed by atoms with Gasteiger partial charge < -0.3 is 15.1 Å². The highest BCUT2D eigenvalue weighted by molar-refractivity contribution is 8.04. The molecule has 0 bridgehead atoms. The zero-order valence-corrected chi connectivity index (χ0v) is 19.4. The zero-order chi connectivity index (χ0) is 21.3. The fourth-order valence-electron chi connectivity index (χ4n) is 4.11. The average Bonchev–Trinajstić information content (AvgIpc) is 2.71. The molecule has 4 nitrogen and oxygen atoms in total. The van der Waals surface area contributed by atoms with Crippen LogP contribution in [0.4, 0.5) is 11.4 Å². The summed E-state index contributed by atoms with van der Waals surface area (Å²) in [6.07, 6.45) is 2.03. The number of thioether (sulfide) groups is 1. The molecular formula is C23H25Cl2N3OS. The van der Waals surface area contributed by atoms with Crippen LogP contribution in [0.2, 0.25) is 10.0 Å². The van der Waals surface area contributed by atoms with Crippen molar-refractivity contribution in [1.29, 1.82) is 0 Å². The zero-order valence-electron chi connectivity index (χ0n) is 17.1. The van der Waals surface area contributed by atoms with E-state index in [1.54, 1.807) is 28.8 Å². The number of carbonyl (C=O) groups excluding carboxylic acids is 1. The largest absolute Gasteiger partial charge is 0.368 e. The Morgan fingerprint density at radius 3 is 2.53 bits per heavy atom. The van der Waals surface area contributed by atoms with Gasteiger partial charge in [-0.05, 0) is 49.8 Å². The Bertz CT molecular complexity index is 971. The van der Waals surface area contributed by atoms with Gasteiger partial charge in [0.2, 0.25) is 0 Å². The van der Waals surface area contributed by atoms with E-state index in [4.69, 9.17) is 23.2 Å². The minimum absolute atomic E-state index is 0.00138. The van der Waals surface area contributed by atoms with Crippen molar-refractivity contribution in [3.63, 3.8) is 0 Å². The molecule has 30 heavy (non-hydrogen) atoms. The standard InChI is InChI=1S/C23H25Cl2N3OS/c1-15-13-27(14-16(2)26-15)21-6-4-3-5-17(21)11-22-23(29)28(9-10-30-22)18-7-8-19(24)20(25)12-18/h3-8,11-12,15-16,26H,9-10,13-14H2,1-2H3. The first-order valence-electron chi connectivity index (χ1n) is 10.1. The lowest BCUT2D eigenvalue weighted by atomic mass is 10.1. The second-order valence-electron chi connectivity index (χ2n) is 7.84. The van der Waals surface area contributed by atoms with Crippen LogP contribution in [-0.2, 0) is 4.79 Å². The molecule has 0 spiro atoms. The lowest BCUT2D eigenvalue weighted by Gasteiger charge is -2.38. The summed E-state index contributed by atoms with van der Waals surface area (Å²) in [5.74, 6) is 0.836. The minimum atomic E-state index is 0.00138. The molecule has 1 amide bonds. The van der Waals surface area contributed by atoms with E-state index >= 15 is 0 Å². The molecule has 2 aromatic carbocycles. The number of piperazine rings is 1. The van der Waals surface area contributed by atoms with Gasteiger partial charge in [0, 0.05) is 48.8 Å². The van der Waals surface area contributed by atoms with E-state index in [9.17, 15) is 4.79 Å². The van der Waals surface area contributed by atoms with Gasteiger partial charge in [0.1, 0.15) is 0 Å². The van der Waals surface area contributed by atoms with Crippen molar-refractivity contribution < 1.29 is 4.79 Å². The van der Waals surface area contributed by atoms with Gasteiger partial charge in [0.15, 0.2) is 0 Å². The predicted molar refractivity (Wildman–Crippen MR) is 130 cm³/mol. The second kappa shape index (κ2) is 9.23. The predicted octanol–water partition coefficient (Wildman–Crippen LogP) is 5.30. The molecule has 2 aromatic rings. The molecule has 0 aliphatic carbocycles. The van der Waals surface area contributed by atoms with Crippen molar-refractivity contribution in [3.05, 3.63) is 63.0 Å². The van der Waals surface area contributed by atoms with Crippen molar-refractivity contribution >= 4 is 58.3 Å². The van der Waals surface area contributed by atoms with E-state index in [1.165, 1.54) is 5.69 Å². The van der Waals surface area contributed by atoms with Gasteiger partial charge in [-0.15, -0.1) is 11.8 Å². The third kappa shape index (κ3) is 4.65. The highest BCUT2D eigenvalue weighted by atomic mass is 35.5. The quantitative estimate of drug-likeness (QED) is 0.628. The van der Waals surface area contributed by atoms with Gasteiger partial charge in [0.25, 0.3) is 5.91 Å². The Morgan fingerprint density at radius 1 is 1.07 bits per heavy atom. The molecule has 0 saturated carbocycles. The van der Waals surface area contributed by atoms with Crippen LogP contribution in [0.5, 0.6) is 0 Å². The normalized spacial score (nSPS) is 23.9. The fourth-order valence-corrected chi connectivity index (χ4v) is 5.34. The topological polar surface area (TPSA) is 35.6 Å². The highest BCUT2D eigenvalue weighted by Crippen LogP contribution is 2.34. The van der Waals surface area contributed by atoms with Crippen LogP contribution in [-0.4, -0.2) is 43.4 Å². The molecule has 1 N–H and O–H groups in total. The number of para-hydroxylation sites is 1. The Hall–Kier alpha value is -1.66. The number of nitrogens with one attached hydrogen (secondary N) is 1. The van der Waals surface area contributed by atoms with Crippen LogP contribution in [0.1, 0.15) is 19.4 Å². The maximum atomic E-state index is 13.3. The summed E-state index contributed by atoms with van der Waals surface area (Å²) in [6, 6.07) is 14.5. The molecule has 2 heterocycles.